The fourth-order valence-electron chi connectivity index (χ4n) is 6.14. The number of benzene rings is 3. The molecule has 1 unspecified atom stereocenters. The van der Waals surface area contributed by atoms with E-state index in [-0.39, 0.29) is 12.4 Å². The molecule has 0 spiro atoms. The zero-order valence-electron chi connectivity index (χ0n) is 23.1. The van der Waals surface area contributed by atoms with E-state index in [1.54, 1.807) is 7.11 Å². The largest absolute Gasteiger partial charge is 0.383 e. The zero-order chi connectivity index (χ0) is 26.6. The van der Waals surface area contributed by atoms with Gasteiger partial charge in [-0.15, -0.1) is 12.4 Å². The summed E-state index contributed by atoms with van der Waals surface area (Å²) < 4.78 is 5.23. The molecule has 1 aliphatic carbocycles. The molecule has 1 fully saturated rings. The van der Waals surface area contributed by atoms with Crippen LogP contribution in [-0.2, 0) is 11.2 Å². The Morgan fingerprint density at radius 1 is 0.875 bits per heavy atom. The van der Waals surface area contributed by atoms with Crippen LogP contribution in [0, 0.1) is 0 Å². The lowest BCUT2D eigenvalue weighted by Gasteiger charge is -2.37. The molecule has 0 bridgehead atoms. The highest BCUT2D eigenvalue weighted by Gasteiger charge is 2.31. The number of anilines is 1. The lowest BCUT2D eigenvalue weighted by Crippen LogP contribution is -2.47. The van der Waals surface area contributed by atoms with Gasteiger partial charge in [0.25, 0.3) is 0 Å². The third kappa shape index (κ3) is 6.29. The van der Waals surface area contributed by atoms with Crippen molar-refractivity contribution in [1.29, 1.82) is 0 Å². The first-order valence-corrected chi connectivity index (χ1v) is 14.5. The molecule has 2 aliphatic heterocycles. The minimum atomic E-state index is 0. The van der Waals surface area contributed by atoms with Gasteiger partial charge in [0, 0.05) is 74.8 Å². The highest BCUT2D eigenvalue weighted by molar-refractivity contribution is 6.30. The second kappa shape index (κ2) is 13.3. The van der Waals surface area contributed by atoms with Crippen LogP contribution in [-0.4, -0.2) is 75.7 Å². The number of fused-ring (bicyclic) bond motifs is 2. The van der Waals surface area contributed by atoms with Crippen LogP contribution < -0.4 is 4.90 Å². The van der Waals surface area contributed by atoms with E-state index in [0.29, 0.717) is 12.6 Å². The van der Waals surface area contributed by atoms with Crippen LogP contribution in [0.4, 0.5) is 5.69 Å². The minimum Gasteiger partial charge on any atom is -0.383 e. The fraction of sp³-hybridized carbons (Fsp3) is 0.364. The summed E-state index contributed by atoms with van der Waals surface area (Å²) in [5.74, 6) is 0.299. The van der Waals surface area contributed by atoms with Crippen molar-refractivity contribution in [2.75, 3.05) is 64.6 Å². The van der Waals surface area contributed by atoms with Crippen molar-refractivity contribution in [2.45, 2.75) is 18.8 Å². The average molecular weight is 578 g/mol. The molecule has 210 valence electrons. The summed E-state index contributed by atoms with van der Waals surface area (Å²) >= 11 is 6.19. The SMILES string of the molecule is COCCN1CCN(CCc2ccc(N3CN=CC4=C3c3ccccc3C(c3ccc(Cl)cc3)C4)cc2)CC1.Cl. The van der Waals surface area contributed by atoms with Gasteiger partial charge < -0.3 is 14.5 Å². The van der Waals surface area contributed by atoms with Gasteiger partial charge >= 0.3 is 0 Å². The Kier molecular flexibility index (Phi) is 9.61. The molecule has 5 nitrogen and oxygen atoms in total. The summed E-state index contributed by atoms with van der Waals surface area (Å²) in [5.41, 5.74) is 9.16. The van der Waals surface area contributed by atoms with Gasteiger partial charge in [-0.25, -0.2) is 0 Å². The van der Waals surface area contributed by atoms with Gasteiger partial charge in [0.2, 0.25) is 0 Å². The molecular weight excluding hydrogens is 539 g/mol. The number of rotatable bonds is 8. The van der Waals surface area contributed by atoms with Crippen LogP contribution in [0.2, 0.25) is 5.02 Å². The van der Waals surface area contributed by atoms with Crippen molar-refractivity contribution < 1.29 is 4.74 Å². The summed E-state index contributed by atoms with van der Waals surface area (Å²) in [6.07, 6.45) is 4.11. The molecular formula is C33H38Cl2N4O. The quantitative estimate of drug-likeness (QED) is 0.312. The topological polar surface area (TPSA) is 31.3 Å². The maximum Gasteiger partial charge on any atom is 0.114 e. The standard InChI is InChI=1S/C33H37ClN4O.ClH/c1-39-21-20-37-18-16-36(17-19-37)15-14-25-6-12-29(13-7-25)38-24-35-23-27-22-32(26-8-10-28(34)11-9-26)30-4-2-3-5-31(30)33(27)38;/h2-13,23,32H,14-22,24H2,1H3;1H. The van der Waals surface area contributed by atoms with E-state index in [1.807, 2.05) is 12.1 Å². The van der Waals surface area contributed by atoms with Gasteiger partial charge in [-0.1, -0.05) is 60.1 Å². The molecule has 3 aromatic rings. The normalized spacial score (nSPS) is 19.2. The van der Waals surface area contributed by atoms with Crippen molar-refractivity contribution >= 4 is 41.6 Å². The van der Waals surface area contributed by atoms with Crippen LogP contribution in [0.5, 0.6) is 0 Å². The van der Waals surface area contributed by atoms with Crippen LogP contribution >= 0.6 is 24.0 Å². The zero-order valence-corrected chi connectivity index (χ0v) is 24.7. The summed E-state index contributed by atoms with van der Waals surface area (Å²) in [5, 5.41) is 0.775. The molecule has 0 N–H and O–H groups in total. The highest BCUT2D eigenvalue weighted by Crippen LogP contribution is 2.45. The van der Waals surface area contributed by atoms with Crippen LogP contribution in [0.15, 0.2) is 83.4 Å². The smallest absolute Gasteiger partial charge is 0.114 e. The predicted octanol–water partition coefficient (Wildman–Crippen LogP) is 6.36. The van der Waals surface area contributed by atoms with Gasteiger partial charge in [-0.3, -0.25) is 9.89 Å². The van der Waals surface area contributed by atoms with Crippen LogP contribution in [0.1, 0.15) is 34.6 Å². The van der Waals surface area contributed by atoms with Crippen molar-refractivity contribution in [3.8, 4) is 0 Å². The number of hydrogen-bond acceptors (Lipinski definition) is 5. The van der Waals surface area contributed by atoms with Gasteiger partial charge in [-0.2, -0.15) is 0 Å². The summed E-state index contributed by atoms with van der Waals surface area (Å²) in [4.78, 5) is 12.3. The third-order valence-corrected chi connectivity index (χ3v) is 8.63. The molecule has 3 aliphatic rings. The molecule has 40 heavy (non-hydrogen) atoms. The monoisotopic (exact) mass is 576 g/mol. The second-order valence-electron chi connectivity index (χ2n) is 10.7. The number of halogens is 2. The molecule has 0 aromatic heterocycles. The van der Waals surface area contributed by atoms with Gasteiger partial charge in [0.15, 0.2) is 0 Å². The van der Waals surface area contributed by atoms with Crippen molar-refractivity contribution in [3.05, 3.63) is 106 Å². The molecule has 0 amide bonds. The minimum absolute atomic E-state index is 0. The molecule has 7 heteroatoms. The van der Waals surface area contributed by atoms with E-state index in [2.05, 4.69) is 81.6 Å². The van der Waals surface area contributed by atoms with Crippen molar-refractivity contribution in [3.63, 3.8) is 0 Å². The van der Waals surface area contributed by atoms with Gasteiger partial charge in [-0.05, 0) is 59.4 Å². The first kappa shape index (κ1) is 28.8. The van der Waals surface area contributed by atoms with Crippen LogP contribution in [0.25, 0.3) is 5.70 Å². The van der Waals surface area contributed by atoms with Crippen LogP contribution in [0.3, 0.4) is 0 Å². The fourth-order valence-corrected chi connectivity index (χ4v) is 6.27. The number of piperazine rings is 1. The predicted molar refractivity (Wildman–Crippen MR) is 169 cm³/mol. The molecule has 0 saturated carbocycles. The molecule has 0 radical (unpaired) electrons. The average Bonchev–Trinajstić information content (AvgIpc) is 2.99. The second-order valence-corrected chi connectivity index (χ2v) is 11.2. The number of hydrogen-bond donors (Lipinski definition) is 0. The first-order valence-electron chi connectivity index (χ1n) is 14.1. The van der Waals surface area contributed by atoms with E-state index in [0.717, 1.165) is 63.7 Å². The number of nitrogens with zero attached hydrogens (tertiary/aromatic N) is 4. The Morgan fingerprint density at radius 3 is 2.30 bits per heavy atom. The van der Waals surface area contributed by atoms with E-state index in [9.17, 15) is 0 Å². The Bertz CT molecular complexity index is 1330. The Hall–Kier alpha value is -2.67. The number of allylic oxidation sites excluding steroid dienone is 1. The van der Waals surface area contributed by atoms with E-state index >= 15 is 0 Å². The Balaban J connectivity index is 0.00000323. The first-order chi connectivity index (χ1) is 19.2. The molecule has 1 atom stereocenters. The van der Waals surface area contributed by atoms with Gasteiger partial charge in [0.1, 0.15) is 6.67 Å². The maximum absolute atomic E-state index is 6.19. The summed E-state index contributed by atoms with van der Waals surface area (Å²) in [6, 6.07) is 26.3. The number of methoxy groups -OCH3 is 1. The van der Waals surface area contributed by atoms with Crippen molar-refractivity contribution in [1.82, 2.24) is 9.80 Å². The van der Waals surface area contributed by atoms with E-state index < -0.39 is 0 Å². The molecule has 1 saturated heterocycles. The summed E-state index contributed by atoms with van der Waals surface area (Å²) in [7, 11) is 1.78. The maximum atomic E-state index is 6.19. The van der Waals surface area contributed by atoms with E-state index in [4.69, 9.17) is 21.3 Å². The van der Waals surface area contributed by atoms with Gasteiger partial charge in [0.05, 0.1) is 12.3 Å². The lowest BCUT2D eigenvalue weighted by atomic mass is 9.77. The van der Waals surface area contributed by atoms with E-state index in [1.165, 1.54) is 39.2 Å². The third-order valence-electron chi connectivity index (χ3n) is 8.37. The Morgan fingerprint density at radius 2 is 1.57 bits per heavy atom. The Labute approximate surface area is 249 Å². The summed E-state index contributed by atoms with van der Waals surface area (Å²) in [6.45, 7) is 8.16. The molecule has 2 heterocycles. The number of aliphatic imine (C=N–C) groups is 1. The number of ether oxygens (including phenoxy) is 1. The highest BCUT2D eigenvalue weighted by atomic mass is 35.5. The molecule has 6 rings (SSSR count). The molecule has 3 aromatic carbocycles. The lowest BCUT2D eigenvalue weighted by molar-refractivity contribution is 0.0976. The van der Waals surface area contributed by atoms with Crippen molar-refractivity contribution in [2.24, 2.45) is 4.99 Å².